The van der Waals surface area contributed by atoms with E-state index in [1.54, 1.807) is 0 Å². The van der Waals surface area contributed by atoms with Crippen molar-refractivity contribution in [2.45, 2.75) is 63.8 Å². The molecular formula is C27H28F3N3O5. The molecule has 1 aliphatic rings. The average molecular weight is 532 g/mol. The Morgan fingerprint density at radius 3 is 2.47 bits per heavy atom. The number of nitrogens with one attached hydrogen (secondary N) is 1. The van der Waals surface area contributed by atoms with Gasteiger partial charge >= 0.3 is 12.1 Å². The van der Waals surface area contributed by atoms with Gasteiger partial charge in [0, 0.05) is 11.6 Å². The molecular weight excluding hydrogens is 503 g/mol. The normalized spacial score (nSPS) is 17.7. The first-order chi connectivity index (χ1) is 18.2. The largest absolute Gasteiger partial charge is 0.476 e. The molecule has 0 aliphatic heterocycles. The number of aromatic nitrogens is 2. The number of hydrogen-bond acceptors (Lipinski definition) is 5. The van der Waals surface area contributed by atoms with Crippen molar-refractivity contribution in [2.75, 3.05) is 0 Å². The molecule has 0 bridgehead atoms. The third-order valence-corrected chi connectivity index (χ3v) is 6.31. The predicted octanol–water partition coefficient (Wildman–Crippen LogP) is 4.82. The Morgan fingerprint density at radius 1 is 1.03 bits per heavy atom. The number of carbonyl (C=O) groups excluding carboxylic acids is 1. The standard InChI is InChI=1S/C27H28F3N3O5/c28-27(29,30)20-11-5-4-10-19(20)17-38-25-14-22(26(35)36)32-33(25)15-24(34)31-21-12-6-7-13-23(21)37-16-18-8-2-1-3-9-18/h1-5,8-11,14,21,23H,6-7,12-13,15-17H2,(H,31,34)(H,35,36)/t21-,23-/m0/s1. The second kappa shape index (κ2) is 12.1. The first-order valence-electron chi connectivity index (χ1n) is 12.2. The van der Waals surface area contributed by atoms with E-state index in [9.17, 15) is 27.9 Å². The van der Waals surface area contributed by atoms with Gasteiger partial charge in [0.2, 0.25) is 11.8 Å². The van der Waals surface area contributed by atoms with Crippen molar-refractivity contribution >= 4 is 11.9 Å². The van der Waals surface area contributed by atoms with Crippen LogP contribution in [0.25, 0.3) is 0 Å². The molecule has 1 heterocycles. The van der Waals surface area contributed by atoms with Crippen molar-refractivity contribution < 1.29 is 37.3 Å². The summed E-state index contributed by atoms with van der Waals surface area (Å²) < 4.78 is 52.6. The molecule has 4 rings (SSSR count). The molecule has 1 fully saturated rings. The molecule has 1 saturated carbocycles. The smallest absolute Gasteiger partial charge is 0.416 e. The van der Waals surface area contributed by atoms with Crippen molar-refractivity contribution in [3.63, 3.8) is 0 Å². The molecule has 38 heavy (non-hydrogen) atoms. The Kier molecular flexibility index (Phi) is 8.67. The molecule has 8 nitrogen and oxygen atoms in total. The monoisotopic (exact) mass is 531 g/mol. The summed E-state index contributed by atoms with van der Waals surface area (Å²) in [7, 11) is 0. The first-order valence-corrected chi connectivity index (χ1v) is 12.2. The molecule has 1 aromatic heterocycles. The van der Waals surface area contributed by atoms with Crippen molar-refractivity contribution in [2.24, 2.45) is 0 Å². The molecule has 0 spiro atoms. The Balaban J connectivity index is 1.42. The van der Waals surface area contributed by atoms with Gasteiger partial charge in [0.1, 0.15) is 13.2 Å². The van der Waals surface area contributed by atoms with E-state index < -0.39 is 35.9 Å². The zero-order valence-electron chi connectivity index (χ0n) is 20.5. The lowest BCUT2D eigenvalue weighted by molar-refractivity contribution is -0.138. The first kappa shape index (κ1) is 27.2. The van der Waals surface area contributed by atoms with Crippen molar-refractivity contribution in [1.29, 1.82) is 0 Å². The number of nitrogens with zero attached hydrogens (tertiary/aromatic N) is 2. The summed E-state index contributed by atoms with van der Waals surface area (Å²) in [5.74, 6) is -1.92. The van der Waals surface area contributed by atoms with Crippen LogP contribution in [0.1, 0.15) is 52.9 Å². The lowest BCUT2D eigenvalue weighted by Gasteiger charge is -2.32. The molecule has 1 amide bonds. The Hall–Kier alpha value is -3.86. The minimum atomic E-state index is -4.58. The van der Waals surface area contributed by atoms with E-state index in [1.165, 1.54) is 18.2 Å². The molecule has 3 aromatic rings. The third kappa shape index (κ3) is 7.12. The Labute approximate surface area is 217 Å². The number of alkyl halides is 3. The molecule has 2 N–H and O–H groups in total. The van der Waals surface area contributed by atoms with E-state index in [0.717, 1.165) is 48.1 Å². The van der Waals surface area contributed by atoms with Crippen LogP contribution in [0.5, 0.6) is 5.88 Å². The van der Waals surface area contributed by atoms with Crippen LogP contribution in [-0.4, -0.2) is 38.9 Å². The Bertz CT molecular complexity index is 1250. The maximum atomic E-state index is 13.3. The van der Waals surface area contributed by atoms with Gasteiger partial charge in [-0.2, -0.15) is 18.3 Å². The summed E-state index contributed by atoms with van der Waals surface area (Å²) in [6.45, 7) is -0.443. The van der Waals surface area contributed by atoms with Gasteiger partial charge < -0.3 is 19.9 Å². The fourth-order valence-corrected chi connectivity index (χ4v) is 4.44. The zero-order chi connectivity index (χ0) is 27.1. The summed E-state index contributed by atoms with van der Waals surface area (Å²) in [5, 5.41) is 16.2. The number of hydrogen-bond donors (Lipinski definition) is 2. The maximum absolute atomic E-state index is 13.3. The Morgan fingerprint density at radius 2 is 1.74 bits per heavy atom. The molecule has 202 valence electrons. The topological polar surface area (TPSA) is 103 Å². The maximum Gasteiger partial charge on any atom is 0.416 e. The van der Waals surface area contributed by atoms with Gasteiger partial charge in [-0.1, -0.05) is 61.4 Å². The van der Waals surface area contributed by atoms with Crippen LogP contribution in [-0.2, 0) is 35.5 Å². The SMILES string of the molecule is O=C(Cn1nc(C(=O)O)cc1OCc1ccccc1C(F)(F)F)N[C@H]1CCCC[C@@H]1OCc1ccccc1. The number of carboxylic acid groups (broad SMARTS) is 1. The zero-order valence-corrected chi connectivity index (χ0v) is 20.5. The van der Waals surface area contributed by atoms with Gasteiger partial charge in [-0.3, -0.25) is 4.79 Å². The highest BCUT2D eigenvalue weighted by molar-refractivity contribution is 5.85. The summed E-state index contributed by atoms with van der Waals surface area (Å²) in [4.78, 5) is 24.4. The van der Waals surface area contributed by atoms with E-state index in [4.69, 9.17) is 9.47 Å². The van der Waals surface area contributed by atoms with Gasteiger partial charge in [-0.05, 0) is 24.5 Å². The highest BCUT2D eigenvalue weighted by atomic mass is 19.4. The van der Waals surface area contributed by atoms with Crippen molar-refractivity contribution in [3.8, 4) is 5.88 Å². The van der Waals surface area contributed by atoms with Crippen LogP contribution in [0.4, 0.5) is 13.2 Å². The number of ether oxygens (including phenoxy) is 2. The van der Waals surface area contributed by atoms with Crippen molar-refractivity contribution in [1.82, 2.24) is 15.1 Å². The minimum absolute atomic E-state index is 0.130. The summed E-state index contributed by atoms with van der Waals surface area (Å²) in [5.41, 5.74) is -0.357. The van der Waals surface area contributed by atoms with Crippen LogP contribution in [0, 0.1) is 0 Å². The number of rotatable bonds is 10. The van der Waals surface area contributed by atoms with E-state index in [-0.39, 0.29) is 30.1 Å². The molecule has 1 aliphatic carbocycles. The molecule has 2 atom stereocenters. The molecule has 0 saturated heterocycles. The number of halogens is 3. The summed E-state index contributed by atoms with van der Waals surface area (Å²) >= 11 is 0. The van der Waals surface area contributed by atoms with Crippen LogP contribution in [0.2, 0.25) is 0 Å². The van der Waals surface area contributed by atoms with E-state index in [1.807, 2.05) is 30.3 Å². The van der Waals surface area contributed by atoms with Gasteiger partial charge in [-0.25, -0.2) is 9.48 Å². The fraction of sp³-hybridized carbons (Fsp3) is 0.370. The van der Waals surface area contributed by atoms with E-state index >= 15 is 0 Å². The number of benzene rings is 2. The van der Waals surface area contributed by atoms with Crippen LogP contribution >= 0.6 is 0 Å². The fourth-order valence-electron chi connectivity index (χ4n) is 4.44. The molecule has 2 aromatic carbocycles. The van der Waals surface area contributed by atoms with Gasteiger partial charge in [0.25, 0.3) is 0 Å². The average Bonchev–Trinajstić information content (AvgIpc) is 3.30. The minimum Gasteiger partial charge on any atom is -0.476 e. The second-order valence-electron chi connectivity index (χ2n) is 9.07. The molecule has 0 radical (unpaired) electrons. The number of carbonyl (C=O) groups is 2. The van der Waals surface area contributed by atoms with Crippen molar-refractivity contribution in [3.05, 3.63) is 83.0 Å². The molecule has 0 unspecified atom stereocenters. The quantitative estimate of drug-likeness (QED) is 0.389. The number of aromatic carboxylic acids is 1. The van der Waals surface area contributed by atoms with E-state index in [2.05, 4.69) is 10.4 Å². The van der Waals surface area contributed by atoms with Gasteiger partial charge in [0.15, 0.2) is 5.69 Å². The van der Waals surface area contributed by atoms with E-state index in [0.29, 0.717) is 6.61 Å². The lowest BCUT2D eigenvalue weighted by Crippen LogP contribution is -2.47. The number of amides is 1. The third-order valence-electron chi connectivity index (χ3n) is 6.31. The predicted molar refractivity (Wildman–Crippen MR) is 130 cm³/mol. The highest BCUT2D eigenvalue weighted by Crippen LogP contribution is 2.32. The van der Waals surface area contributed by atoms with Crippen LogP contribution < -0.4 is 10.1 Å². The summed E-state index contributed by atoms with van der Waals surface area (Å²) in [6.07, 6.45) is -1.35. The molecule has 11 heteroatoms. The lowest BCUT2D eigenvalue weighted by atomic mass is 9.92. The number of carboxylic acids is 1. The second-order valence-corrected chi connectivity index (χ2v) is 9.07. The van der Waals surface area contributed by atoms with Crippen LogP contribution in [0.3, 0.4) is 0 Å². The highest BCUT2D eigenvalue weighted by Gasteiger charge is 2.33. The van der Waals surface area contributed by atoms with Gasteiger partial charge in [0.05, 0.1) is 24.3 Å². The van der Waals surface area contributed by atoms with Crippen LogP contribution in [0.15, 0.2) is 60.7 Å². The summed E-state index contributed by atoms with van der Waals surface area (Å²) in [6, 6.07) is 15.5. The van der Waals surface area contributed by atoms with Gasteiger partial charge in [-0.15, -0.1) is 0 Å².